The van der Waals surface area contributed by atoms with E-state index in [0.717, 1.165) is 41.6 Å². The molecular formula is C39H38N4O7. The second-order valence-electron chi connectivity index (χ2n) is 13.1. The van der Waals surface area contributed by atoms with Crippen LogP contribution in [0.5, 0.6) is 5.75 Å². The molecule has 0 fully saturated rings. The van der Waals surface area contributed by atoms with Crippen molar-refractivity contribution in [3.63, 3.8) is 0 Å². The maximum Gasteiger partial charge on any atom is 0.408 e. The summed E-state index contributed by atoms with van der Waals surface area (Å²) in [4.78, 5) is 44.5. The Morgan fingerprint density at radius 3 is 2.68 bits per heavy atom. The van der Waals surface area contributed by atoms with E-state index in [-0.39, 0.29) is 36.3 Å². The molecule has 1 spiro atoms. The molecule has 3 aromatic carbocycles. The molecule has 7 rings (SSSR count). The Balaban J connectivity index is 1.36. The van der Waals surface area contributed by atoms with Gasteiger partial charge in [-0.1, -0.05) is 93.6 Å². The predicted octanol–water partition coefficient (Wildman–Crippen LogP) is 6.06. The van der Waals surface area contributed by atoms with Crippen LogP contribution in [0.4, 0.5) is 10.5 Å². The molecular weight excluding hydrogens is 636 g/mol. The van der Waals surface area contributed by atoms with Gasteiger partial charge in [0.2, 0.25) is 11.8 Å². The molecule has 4 bridgehead atoms. The van der Waals surface area contributed by atoms with E-state index < -0.39 is 41.7 Å². The molecule has 3 aliphatic heterocycles. The predicted molar refractivity (Wildman–Crippen MR) is 184 cm³/mol. The zero-order valence-corrected chi connectivity index (χ0v) is 28.0. The van der Waals surface area contributed by atoms with Gasteiger partial charge in [-0.15, -0.1) is 0 Å². The summed E-state index contributed by atoms with van der Waals surface area (Å²) < 4.78 is 18.6. The highest BCUT2D eigenvalue weighted by molar-refractivity contribution is 5.90. The first kappa shape index (κ1) is 32.8. The SMILES string of the molecule is CCCCC#Cc1cccc2c1N[C@H]1Oc3ccc4cc3C21c1oc(nc1C(=O)O)[C@H](C(C)C)NC(=O)[C@@H](NC(=O)OCc1ccccc1)C4. The normalized spacial score (nSPS) is 21.2. The summed E-state index contributed by atoms with van der Waals surface area (Å²) in [5.74, 6) is 5.18. The number of anilines is 1. The average Bonchev–Trinajstić information content (AvgIpc) is 3.78. The van der Waals surface area contributed by atoms with Gasteiger partial charge in [-0.2, -0.15) is 0 Å². The molecule has 3 aliphatic rings. The van der Waals surface area contributed by atoms with Crippen LogP contribution in [0.15, 0.2) is 71.1 Å². The number of benzene rings is 3. The minimum absolute atomic E-state index is 0.0319. The Bertz CT molecular complexity index is 2030. The number of aromatic carboxylic acids is 1. The molecule has 4 atom stereocenters. The Hall–Kier alpha value is -5.76. The van der Waals surface area contributed by atoms with Gasteiger partial charge in [0.15, 0.2) is 17.7 Å². The summed E-state index contributed by atoms with van der Waals surface area (Å²) in [6.45, 7) is 5.89. The number of nitrogens with zero attached hydrogens (tertiary/aromatic N) is 1. The molecule has 1 aromatic heterocycles. The number of rotatable bonds is 7. The van der Waals surface area contributed by atoms with Gasteiger partial charge < -0.3 is 34.9 Å². The van der Waals surface area contributed by atoms with Crippen molar-refractivity contribution in [2.24, 2.45) is 5.92 Å². The van der Waals surface area contributed by atoms with Crippen LogP contribution >= 0.6 is 0 Å². The second-order valence-corrected chi connectivity index (χ2v) is 13.1. The molecule has 2 amide bonds. The summed E-state index contributed by atoms with van der Waals surface area (Å²) in [6, 6.07) is 18.7. The van der Waals surface area contributed by atoms with E-state index in [2.05, 4.69) is 39.7 Å². The van der Waals surface area contributed by atoms with Crippen LogP contribution in [-0.4, -0.2) is 40.3 Å². The summed E-state index contributed by atoms with van der Waals surface area (Å²) in [7, 11) is 0. The number of oxazole rings is 1. The molecule has 4 heterocycles. The van der Waals surface area contributed by atoms with E-state index >= 15 is 0 Å². The third-order valence-electron chi connectivity index (χ3n) is 9.45. The van der Waals surface area contributed by atoms with Gasteiger partial charge >= 0.3 is 12.1 Å². The van der Waals surface area contributed by atoms with Crippen molar-refractivity contribution in [1.82, 2.24) is 15.6 Å². The third-order valence-corrected chi connectivity index (χ3v) is 9.45. The molecule has 0 saturated heterocycles. The van der Waals surface area contributed by atoms with Crippen LogP contribution in [0.3, 0.4) is 0 Å². The fourth-order valence-corrected chi connectivity index (χ4v) is 6.96. The number of carboxylic acids is 1. The van der Waals surface area contributed by atoms with Crippen molar-refractivity contribution in [2.45, 2.75) is 76.8 Å². The van der Waals surface area contributed by atoms with E-state index in [1.807, 2.05) is 74.5 Å². The molecule has 50 heavy (non-hydrogen) atoms. The lowest BCUT2D eigenvalue weighted by atomic mass is 9.72. The largest absolute Gasteiger partial charge is 0.476 e. The van der Waals surface area contributed by atoms with Crippen molar-refractivity contribution in [1.29, 1.82) is 0 Å². The molecule has 256 valence electrons. The molecule has 1 unspecified atom stereocenters. The molecule has 0 saturated carbocycles. The van der Waals surface area contributed by atoms with Gasteiger partial charge in [-0.3, -0.25) is 4.79 Å². The van der Waals surface area contributed by atoms with Gasteiger partial charge in [0.1, 0.15) is 29.9 Å². The lowest BCUT2D eigenvalue weighted by Crippen LogP contribution is -2.49. The number of amides is 2. The van der Waals surface area contributed by atoms with Crippen molar-refractivity contribution in [3.8, 4) is 17.6 Å². The Labute approximate surface area is 289 Å². The zero-order chi connectivity index (χ0) is 35.0. The van der Waals surface area contributed by atoms with Crippen LogP contribution < -0.4 is 20.7 Å². The number of aromatic nitrogens is 1. The minimum Gasteiger partial charge on any atom is -0.476 e. The highest BCUT2D eigenvalue weighted by atomic mass is 16.5. The van der Waals surface area contributed by atoms with E-state index in [9.17, 15) is 19.5 Å². The first-order chi connectivity index (χ1) is 24.2. The Morgan fingerprint density at radius 2 is 1.92 bits per heavy atom. The van der Waals surface area contributed by atoms with Crippen molar-refractivity contribution < 1.29 is 33.4 Å². The maximum absolute atomic E-state index is 13.9. The molecule has 4 N–H and O–H groups in total. The van der Waals surface area contributed by atoms with Crippen molar-refractivity contribution >= 4 is 23.7 Å². The number of hydrogen-bond donors (Lipinski definition) is 4. The number of unbranched alkanes of at least 4 members (excludes halogenated alkanes) is 2. The second kappa shape index (κ2) is 13.3. The van der Waals surface area contributed by atoms with Crippen LogP contribution in [0, 0.1) is 17.8 Å². The van der Waals surface area contributed by atoms with Crippen LogP contribution in [0.2, 0.25) is 0 Å². The number of carbonyl (C=O) groups excluding carboxylic acids is 2. The first-order valence-electron chi connectivity index (χ1n) is 16.9. The van der Waals surface area contributed by atoms with E-state index in [4.69, 9.17) is 13.9 Å². The summed E-state index contributed by atoms with van der Waals surface area (Å²) in [5, 5.41) is 19.8. The summed E-state index contributed by atoms with van der Waals surface area (Å²) in [5.41, 5.74) is 2.86. The number of fused-ring (bicyclic) bond motifs is 4. The highest BCUT2D eigenvalue weighted by Crippen LogP contribution is 2.59. The number of hydrogen-bond acceptors (Lipinski definition) is 8. The lowest BCUT2D eigenvalue weighted by molar-refractivity contribution is -0.124. The van der Waals surface area contributed by atoms with E-state index in [1.54, 1.807) is 6.07 Å². The van der Waals surface area contributed by atoms with Gasteiger partial charge in [-0.05, 0) is 35.6 Å². The number of carbonyl (C=O) groups is 3. The molecule has 0 aliphatic carbocycles. The molecule has 11 heteroatoms. The van der Waals surface area contributed by atoms with Crippen LogP contribution in [0.1, 0.15) is 96.0 Å². The van der Waals surface area contributed by atoms with E-state index in [1.165, 1.54) is 0 Å². The van der Waals surface area contributed by atoms with Crippen molar-refractivity contribution in [3.05, 3.63) is 112 Å². The molecule has 0 radical (unpaired) electrons. The van der Waals surface area contributed by atoms with Crippen LogP contribution in [0.25, 0.3) is 0 Å². The van der Waals surface area contributed by atoms with Gasteiger partial charge in [0.05, 0.1) is 5.69 Å². The molecule has 4 aromatic rings. The maximum atomic E-state index is 13.9. The number of ether oxygens (including phenoxy) is 2. The minimum atomic E-state index is -1.28. The van der Waals surface area contributed by atoms with Gasteiger partial charge in [0.25, 0.3) is 0 Å². The van der Waals surface area contributed by atoms with E-state index in [0.29, 0.717) is 16.9 Å². The smallest absolute Gasteiger partial charge is 0.408 e. The van der Waals surface area contributed by atoms with Crippen molar-refractivity contribution in [2.75, 3.05) is 5.32 Å². The number of alkyl carbamates (subject to hydrolysis) is 1. The highest BCUT2D eigenvalue weighted by Gasteiger charge is 2.61. The third kappa shape index (κ3) is 5.70. The number of carboxylic acid groups (broad SMARTS) is 1. The fraction of sp³-hybridized carbons (Fsp3) is 0.333. The first-order valence-corrected chi connectivity index (χ1v) is 16.9. The van der Waals surface area contributed by atoms with Gasteiger partial charge in [-0.25, -0.2) is 14.6 Å². The average molecular weight is 675 g/mol. The van der Waals surface area contributed by atoms with Crippen LogP contribution in [-0.2, 0) is 28.0 Å². The topological polar surface area (TPSA) is 152 Å². The molecule has 11 nitrogen and oxygen atoms in total. The zero-order valence-electron chi connectivity index (χ0n) is 28.0. The number of nitrogens with one attached hydrogen (secondary N) is 3. The quantitative estimate of drug-likeness (QED) is 0.135. The van der Waals surface area contributed by atoms with Gasteiger partial charge in [0, 0.05) is 29.5 Å². The Kier molecular flexibility index (Phi) is 8.70. The lowest BCUT2D eigenvalue weighted by Gasteiger charge is -2.28. The fourth-order valence-electron chi connectivity index (χ4n) is 6.96. The number of para-hydroxylation sites is 1. The Morgan fingerprint density at radius 1 is 1.10 bits per heavy atom. The monoisotopic (exact) mass is 674 g/mol. The summed E-state index contributed by atoms with van der Waals surface area (Å²) >= 11 is 0. The standard InChI is InChI=1S/C39H38N4O7/c1-4-5-6-10-14-25-15-11-16-26-31(25)43-37-39(26)27-19-24(17-18-29(27)49-37)20-28(40-38(47)48-21-23-12-8-7-9-13-23)34(44)41-30(22(2)3)35-42-32(36(45)46)33(39)50-35/h7-9,11-13,15-19,22,28,30,37,43H,4-6,20-21H2,1-3H3,(H,40,47)(H,41,44)(H,45,46)/t28-,30-,37-,39?/m0/s1. The summed E-state index contributed by atoms with van der Waals surface area (Å²) in [6.07, 6.45) is 1.36.